The lowest BCUT2D eigenvalue weighted by Crippen LogP contribution is -2.18. The van der Waals surface area contributed by atoms with Crippen LogP contribution in [0.2, 0.25) is 0 Å². The maximum atomic E-state index is 14.2. The van der Waals surface area contributed by atoms with Crippen LogP contribution >= 0.6 is 0 Å². The molecule has 9 heteroatoms. The molecule has 0 radical (unpaired) electrons. The number of anilines is 1. The van der Waals surface area contributed by atoms with Crippen LogP contribution < -0.4 is 10.9 Å². The molecule has 0 amide bonds. The number of aliphatic hydroxyl groups excluding tert-OH is 1. The highest BCUT2D eigenvalue weighted by Crippen LogP contribution is 2.36. The first kappa shape index (κ1) is 15.5. The van der Waals surface area contributed by atoms with Crippen LogP contribution in [0.15, 0.2) is 16.0 Å². The number of nitrogens with one attached hydrogen (secondary N) is 1. The van der Waals surface area contributed by atoms with Gasteiger partial charge >= 0.3 is 5.56 Å². The number of aliphatic hydroxyl groups is 1. The normalized spacial score (nSPS) is 14.1. The molecule has 0 spiro atoms. The molecule has 2 N–H and O–H groups in total. The minimum atomic E-state index is -1.53. The molecule has 1 atom stereocenters. The Labute approximate surface area is 129 Å². The van der Waals surface area contributed by atoms with E-state index in [-0.39, 0.29) is 29.3 Å². The molecule has 23 heavy (non-hydrogen) atoms. The zero-order valence-corrected chi connectivity index (χ0v) is 12.2. The minimum absolute atomic E-state index is 0.0574. The van der Waals surface area contributed by atoms with Crippen LogP contribution in [0.5, 0.6) is 0 Å². The van der Waals surface area contributed by atoms with Gasteiger partial charge < -0.3 is 19.7 Å². The SMILES string of the molecule is COC(CO)CCn1cc2c(F)c(F)c(=O)nc3c2c1N=CN3. The highest BCUT2D eigenvalue weighted by Gasteiger charge is 2.22. The van der Waals surface area contributed by atoms with Gasteiger partial charge in [0.15, 0.2) is 5.82 Å². The highest BCUT2D eigenvalue weighted by atomic mass is 19.2. The molecule has 2 aromatic heterocycles. The average molecular weight is 324 g/mol. The Morgan fingerprint density at radius 1 is 1.43 bits per heavy atom. The summed E-state index contributed by atoms with van der Waals surface area (Å²) in [6, 6.07) is 0. The average Bonchev–Trinajstić information content (AvgIpc) is 2.90. The zero-order chi connectivity index (χ0) is 16.6. The molecule has 0 fully saturated rings. The van der Waals surface area contributed by atoms with Gasteiger partial charge in [0.25, 0.3) is 0 Å². The van der Waals surface area contributed by atoms with Crippen LogP contribution in [0.3, 0.4) is 0 Å². The molecular weight excluding hydrogens is 310 g/mol. The number of aromatic nitrogens is 2. The van der Waals surface area contributed by atoms with Crippen molar-refractivity contribution in [3.63, 3.8) is 0 Å². The Kier molecular flexibility index (Phi) is 4.05. The van der Waals surface area contributed by atoms with Crippen LogP contribution in [0, 0.1) is 11.6 Å². The molecule has 1 aliphatic heterocycles. The summed E-state index contributed by atoms with van der Waals surface area (Å²) in [5.41, 5.74) is -1.27. The molecule has 7 nitrogen and oxygen atoms in total. The first-order valence-corrected chi connectivity index (χ1v) is 6.91. The maximum Gasteiger partial charge on any atom is 0.310 e. The number of nitrogens with zero attached hydrogens (tertiary/aromatic N) is 3. The summed E-state index contributed by atoms with van der Waals surface area (Å²) in [5.74, 6) is -2.36. The number of aryl methyl sites for hydroxylation is 1. The highest BCUT2D eigenvalue weighted by molar-refractivity contribution is 6.06. The van der Waals surface area contributed by atoms with Crippen LogP contribution in [0.25, 0.3) is 10.8 Å². The van der Waals surface area contributed by atoms with Gasteiger partial charge in [0, 0.05) is 25.2 Å². The molecular formula is C14H14F2N4O3. The molecule has 0 saturated carbocycles. The Morgan fingerprint density at radius 2 is 2.22 bits per heavy atom. The van der Waals surface area contributed by atoms with Crippen LogP contribution in [0.1, 0.15) is 6.42 Å². The molecule has 1 aliphatic rings. The van der Waals surface area contributed by atoms with Crippen LogP contribution in [0.4, 0.5) is 20.4 Å². The van der Waals surface area contributed by atoms with Crippen molar-refractivity contribution in [1.29, 1.82) is 0 Å². The molecule has 122 valence electrons. The monoisotopic (exact) mass is 324 g/mol. The third-order valence-electron chi connectivity index (χ3n) is 3.73. The van der Waals surface area contributed by atoms with E-state index in [4.69, 9.17) is 9.84 Å². The van der Waals surface area contributed by atoms with Gasteiger partial charge in [0.1, 0.15) is 11.6 Å². The number of hydrogen-bond acceptors (Lipinski definition) is 6. The number of methoxy groups -OCH3 is 1. The molecule has 0 aromatic carbocycles. The molecule has 0 bridgehead atoms. The van der Waals surface area contributed by atoms with Crippen molar-refractivity contribution in [1.82, 2.24) is 9.55 Å². The number of ether oxygens (including phenoxy) is 1. The van der Waals surface area contributed by atoms with Gasteiger partial charge in [-0.2, -0.15) is 9.37 Å². The van der Waals surface area contributed by atoms with Gasteiger partial charge in [0.05, 0.1) is 24.4 Å². The van der Waals surface area contributed by atoms with Crippen LogP contribution in [-0.2, 0) is 11.3 Å². The fraction of sp³-hybridized carbons (Fsp3) is 0.357. The van der Waals surface area contributed by atoms with Gasteiger partial charge in [-0.25, -0.2) is 9.38 Å². The van der Waals surface area contributed by atoms with E-state index in [1.165, 1.54) is 19.6 Å². The summed E-state index contributed by atoms with van der Waals surface area (Å²) in [7, 11) is 1.48. The maximum absolute atomic E-state index is 14.2. The first-order chi connectivity index (χ1) is 11.1. The predicted octanol–water partition coefficient (Wildman–Crippen LogP) is 1.16. The summed E-state index contributed by atoms with van der Waals surface area (Å²) < 4.78 is 34.6. The third kappa shape index (κ3) is 2.57. The van der Waals surface area contributed by atoms with Crippen LogP contribution in [-0.4, -0.2) is 40.8 Å². The lowest BCUT2D eigenvalue weighted by Gasteiger charge is -2.14. The Hall–Kier alpha value is -2.39. The Balaban J connectivity index is 2.15. The second-order valence-electron chi connectivity index (χ2n) is 5.06. The first-order valence-electron chi connectivity index (χ1n) is 6.91. The van der Waals surface area contributed by atoms with Gasteiger partial charge in [0.2, 0.25) is 5.82 Å². The molecule has 2 aromatic rings. The molecule has 3 rings (SSSR count). The number of hydrogen-bond donors (Lipinski definition) is 2. The van der Waals surface area contributed by atoms with E-state index in [0.717, 1.165) is 0 Å². The summed E-state index contributed by atoms with van der Waals surface area (Å²) in [4.78, 5) is 19.1. The zero-order valence-electron chi connectivity index (χ0n) is 12.2. The summed E-state index contributed by atoms with van der Waals surface area (Å²) in [5, 5.41) is 11.9. The third-order valence-corrected chi connectivity index (χ3v) is 3.73. The molecule has 3 heterocycles. The lowest BCUT2D eigenvalue weighted by molar-refractivity contribution is 0.0405. The predicted molar refractivity (Wildman–Crippen MR) is 80.2 cm³/mol. The van der Waals surface area contributed by atoms with E-state index in [2.05, 4.69) is 15.3 Å². The Morgan fingerprint density at radius 3 is 2.91 bits per heavy atom. The summed E-state index contributed by atoms with van der Waals surface area (Å²) in [6.07, 6.45) is 2.76. The fourth-order valence-electron chi connectivity index (χ4n) is 2.50. The van der Waals surface area contributed by atoms with E-state index >= 15 is 0 Å². The van der Waals surface area contributed by atoms with Crippen molar-refractivity contribution in [2.75, 3.05) is 19.0 Å². The van der Waals surface area contributed by atoms with Crippen molar-refractivity contribution in [2.24, 2.45) is 4.99 Å². The topological polar surface area (TPSA) is 88.7 Å². The van der Waals surface area contributed by atoms with Crippen molar-refractivity contribution < 1.29 is 18.6 Å². The standard InChI is InChI=1S/C14H14F2N4O3/c1-23-7(5-21)2-3-20-4-8-9-12(17-6-18-13(9)20)19-14(22)11(16)10(8)15/h4,6-7,21H,2-3,5H2,1H3,(H,17,18,19,22). The van der Waals surface area contributed by atoms with Crippen molar-refractivity contribution >= 4 is 28.7 Å². The van der Waals surface area contributed by atoms with E-state index in [1.807, 2.05) is 0 Å². The van der Waals surface area contributed by atoms with E-state index < -0.39 is 17.2 Å². The van der Waals surface area contributed by atoms with E-state index in [9.17, 15) is 13.6 Å². The number of aliphatic imine (C=N–C) groups is 1. The van der Waals surface area contributed by atoms with Crippen molar-refractivity contribution in [3.05, 3.63) is 28.2 Å². The van der Waals surface area contributed by atoms with Gasteiger partial charge in [-0.05, 0) is 6.42 Å². The quantitative estimate of drug-likeness (QED) is 0.861. The van der Waals surface area contributed by atoms with Gasteiger partial charge in [-0.1, -0.05) is 0 Å². The number of halogens is 2. The Bertz CT molecular complexity index is 846. The number of rotatable bonds is 5. The van der Waals surface area contributed by atoms with E-state index in [0.29, 0.717) is 18.8 Å². The van der Waals surface area contributed by atoms with E-state index in [1.54, 1.807) is 4.57 Å². The smallest absolute Gasteiger partial charge is 0.310 e. The summed E-state index contributed by atoms with van der Waals surface area (Å²) in [6.45, 7) is 0.219. The lowest BCUT2D eigenvalue weighted by atomic mass is 10.2. The second-order valence-corrected chi connectivity index (χ2v) is 5.06. The molecule has 1 unspecified atom stereocenters. The fourth-order valence-corrected chi connectivity index (χ4v) is 2.50. The molecule has 0 saturated heterocycles. The second kappa shape index (κ2) is 6.01. The summed E-state index contributed by atoms with van der Waals surface area (Å²) >= 11 is 0. The minimum Gasteiger partial charge on any atom is -0.394 e. The largest absolute Gasteiger partial charge is 0.394 e. The van der Waals surface area contributed by atoms with Gasteiger partial charge in [-0.15, -0.1) is 0 Å². The van der Waals surface area contributed by atoms with Crippen molar-refractivity contribution in [3.8, 4) is 0 Å². The van der Waals surface area contributed by atoms with Gasteiger partial charge in [-0.3, -0.25) is 4.79 Å². The van der Waals surface area contributed by atoms with Crippen molar-refractivity contribution in [2.45, 2.75) is 19.1 Å². The molecule has 0 aliphatic carbocycles.